The van der Waals surface area contributed by atoms with E-state index in [-0.39, 0.29) is 17.4 Å². The highest BCUT2D eigenvalue weighted by Gasteiger charge is 2.28. The number of nitrogens with one attached hydrogen (secondary N) is 1. The van der Waals surface area contributed by atoms with Gasteiger partial charge in [-0.1, -0.05) is 52.0 Å². The van der Waals surface area contributed by atoms with Crippen LogP contribution in [-0.4, -0.2) is 11.9 Å². The average molecular weight is 262 g/mol. The van der Waals surface area contributed by atoms with E-state index in [1.54, 1.807) is 0 Å². The molecule has 2 atom stereocenters. The van der Waals surface area contributed by atoms with Gasteiger partial charge in [0.05, 0.1) is 12.1 Å². The molecule has 3 heteroatoms. The molecule has 0 radical (unpaired) electrons. The van der Waals surface area contributed by atoms with Crippen molar-refractivity contribution in [2.24, 2.45) is 11.1 Å². The SMILES string of the molecule is CCc1ccc(C(C)NC(=O)[C@@H](N)C(C)(C)C)cc1. The van der Waals surface area contributed by atoms with Crippen LogP contribution < -0.4 is 11.1 Å². The van der Waals surface area contributed by atoms with Gasteiger partial charge in [0, 0.05) is 0 Å². The molecule has 1 aromatic rings. The van der Waals surface area contributed by atoms with Gasteiger partial charge < -0.3 is 11.1 Å². The number of aryl methyl sites for hydroxylation is 1. The third-order valence-electron chi connectivity index (χ3n) is 3.46. The van der Waals surface area contributed by atoms with Crippen molar-refractivity contribution in [1.82, 2.24) is 5.32 Å². The number of carbonyl (C=O) groups is 1. The molecular formula is C16H26N2O. The van der Waals surface area contributed by atoms with Crippen LogP contribution in [0.2, 0.25) is 0 Å². The van der Waals surface area contributed by atoms with Gasteiger partial charge in [-0.15, -0.1) is 0 Å². The molecule has 0 aromatic heterocycles. The fraction of sp³-hybridized carbons (Fsp3) is 0.562. The van der Waals surface area contributed by atoms with Crippen molar-refractivity contribution < 1.29 is 4.79 Å². The maximum atomic E-state index is 12.1. The molecule has 0 spiro atoms. The van der Waals surface area contributed by atoms with Crippen LogP contribution in [0.15, 0.2) is 24.3 Å². The molecule has 1 aromatic carbocycles. The van der Waals surface area contributed by atoms with Crippen molar-refractivity contribution in [3.05, 3.63) is 35.4 Å². The molecule has 3 nitrogen and oxygen atoms in total. The summed E-state index contributed by atoms with van der Waals surface area (Å²) < 4.78 is 0. The quantitative estimate of drug-likeness (QED) is 0.876. The zero-order valence-electron chi connectivity index (χ0n) is 12.7. The van der Waals surface area contributed by atoms with E-state index in [0.29, 0.717) is 0 Å². The number of nitrogens with two attached hydrogens (primary N) is 1. The van der Waals surface area contributed by atoms with E-state index in [1.165, 1.54) is 5.56 Å². The van der Waals surface area contributed by atoms with E-state index >= 15 is 0 Å². The van der Waals surface area contributed by atoms with Crippen molar-refractivity contribution in [2.45, 2.75) is 53.1 Å². The van der Waals surface area contributed by atoms with Crippen molar-refractivity contribution in [3.63, 3.8) is 0 Å². The smallest absolute Gasteiger partial charge is 0.237 e. The number of benzene rings is 1. The van der Waals surface area contributed by atoms with Gasteiger partial charge in [0.1, 0.15) is 0 Å². The molecule has 0 fully saturated rings. The molecule has 0 saturated heterocycles. The van der Waals surface area contributed by atoms with E-state index in [1.807, 2.05) is 27.7 Å². The summed E-state index contributed by atoms with van der Waals surface area (Å²) >= 11 is 0. The molecule has 0 saturated carbocycles. The first-order valence-corrected chi connectivity index (χ1v) is 6.90. The zero-order chi connectivity index (χ0) is 14.6. The first kappa shape index (κ1) is 15.7. The summed E-state index contributed by atoms with van der Waals surface area (Å²) in [5.74, 6) is -0.0976. The summed E-state index contributed by atoms with van der Waals surface area (Å²) in [6.07, 6.45) is 1.02. The molecule has 0 aliphatic rings. The molecule has 0 heterocycles. The number of rotatable bonds is 4. The normalized spacial score (nSPS) is 14.8. The Morgan fingerprint density at radius 2 is 1.79 bits per heavy atom. The van der Waals surface area contributed by atoms with Gasteiger partial charge in [-0.05, 0) is 29.9 Å². The van der Waals surface area contributed by atoms with E-state index in [4.69, 9.17) is 5.73 Å². The highest BCUT2D eigenvalue weighted by atomic mass is 16.2. The Hall–Kier alpha value is -1.35. The second-order valence-corrected chi connectivity index (χ2v) is 6.17. The lowest BCUT2D eigenvalue weighted by Gasteiger charge is -2.27. The predicted octanol–water partition coefficient (Wildman–Crippen LogP) is 2.80. The fourth-order valence-electron chi connectivity index (χ4n) is 1.82. The predicted molar refractivity (Wildman–Crippen MR) is 79.8 cm³/mol. The molecule has 3 N–H and O–H groups in total. The van der Waals surface area contributed by atoms with Crippen LogP contribution in [0.3, 0.4) is 0 Å². The highest BCUT2D eigenvalue weighted by Crippen LogP contribution is 2.19. The van der Waals surface area contributed by atoms with Gasteiger partial charge in [-0.25, -0.2) is 0 Å². The lowest BCUT2D eigenvalue weighted by atomic mass is 9.86. The molecular weight excluding hydrogens is 236 g/mol. The van der Waals surface area contributed by atoms with Crippen molar-refractivity contribution >= 4 is 5.91 Å². The maximum absolute atomic E-state index is 12.1. The first-order valence-electron chi connectivity index (χ1n) is 6.90. The summed E-state index contributed by atoms with van der Waals surface area (Å²) in [7, 11) is 0. The Labute approximate surface area is 116 Å². The summed E-state index contributed by atoms with van der Waals surface area (Å²) in [6, 6.07) is 7.80. The van der Waals surface area contributed by atoms with Gasteiger partial charge >= 0.3 is 0 Å². The van der Waals surface area contributed by atoms with Crippen molar-refractivity contribution in [2.75, 3.05) is 0 Å². The van der Waals surface area contributed by atoms with Crippen LogP contribution in [0.25, 0.3) is 0 Å². The standard InChI is InChI=1S/C16H26N2O/c1-6-12-7-9-13(10-8-12)11(2)18-15(19)14(17)16(3,4)5/h7-11,14H,6,17H2,1-5H3,(H,18,19)/t11?,14-/m1/s1. The summed E-state index contributed by atoms with van der Waals surface area (Å²) in [6.45, 7) is 10.0. The van der Waals surface area contributed by atoms with Crippen LogP contribution in [0.1, 0.15) is 51.8 Å². The minimum absolute atomic E-state index is 0.0215. The second-order valence-electron chi connectivity index (χ2n) is 6.17. The van der Waals surface area contributed by atoms with Gasteiger partial charge in [0.25, 0.3) is 0 Å². The third-order valence-corrected chi connectivity index (χ3v) is 3.46. The Balaban J connectivity index is 2.68. The van der Waals surface area contributed by atoms with Crippen LogP contribution >= 0.6 is 0 Å². The minimum atomic E-state index is -0.495. The minimum Gasteiger partial charge on any atom is -0.348 e. The fourth-order valence-corrected chi connectivity index (χ4v) is 1.82. The molecule has 0 bridgehead atoms. The van der Waals surface area contributed by atoms with Crippen molar-refractivity contribution in [3.8, 4) is 0 Å². The zero-order valence-corrected chi connectivity index (χ0v) is 12.7. The first-order chi connectivity index (χ1) is 8.75. The van der Waals surface area contributed by atoms with E-state index in [2.05, 4.69) is 36.5 Å². The molecule has 1 amide bonds. The topological polar surface area (TPSA) is 55.1 Å². The summed E-state index contributed by atoms with van der Waals surface area (Å²) in [5, 5.41) is 2.98. The van der Waals surface area contributed by atoms with Crippen LogP contribution in [0.5, 0.6) is 0 Å². The van der Waals surface area contributed by atoms with Gasteiger partial charge in [0.15, 0.2) is 0 Å². The number of hydrogen-bond acceptors (Lipinski definition) is 2. The molecule has 1 rings (SSSR count). The average Bonchev–Trinajstić information content (AvgIpc) is 2.36. The Morgan fingerprint density at radius 1 is 1.26 bits per heavy atom. The molecule has 0 aliphatic carbocycles. The monoisotopic (exact) mass is 262 g/mol. The number of carbonyl (C=O) groups excluding carboxylic acids is 1. The van der Waals surface area contributed by atoms with E-state index < -0.39 is 6.04 Å². The molecule has 0 aliphatic heterocycles. The van der Waals surface area contributed by atoms with Gasteiger partial charge in [0.2, 0.25) is 5.91 Å². The lowest BCUT2D eigenvalue weighted by Crippen LogP contribution is -2.49. The Kier molecular flexibility index (Phi) is 5.12. The van der Waals surface area contributed by atoms with Crippen molar-refractivity contribution in [1.29, 1.82) is 0 Å². The summed E-state index contributed by atoms with van der Waals surface area (Å²) in [4.78, 5) is 12.1. The Morgan fingerprint density at radius 3 is 2.21 bits per heavy atom. The highest BCUT2D eigenvalue weighted by molar-refractivity contribution is 5.82. The molecule has 19 heavy (non-hydrogen) atoms. The van der Waals surface area contributed by atoms with Crippen LogP contribution in [0, 0.1) is 5.41 Å². The van der Waals surface area contributed by atoms with E-state index in [9.17, 15) is 4.79 Å². The lowest BCUT2D eigenvalue weighted by molar-refractivity contribution is -0.125. The van der Waals surface area contributed by atoms with Gasteiger partial charge in [-0.3, -0.25) is 4.79 Å². The Bertz CT molecular complexity index is 417. The number of amides is 1. The van der Waals surface area contributed by atoms with Crippen LogP contribution in [0.4, 0.5) is 0 Å². The molecule has 1 unspecified atom stereocenters. The third kappa shape index (κ3) is 4.35. The number of hydrogen-bond donors (Lipinski definition) is 2. The van der Waals surface area contributed by atoms with Crippen LogP contribution in [-0.2, 0) is 11.2 Å². The largest absolute Gasteiger partial charge is 0.348 e. The maximum Gasteiger partial charge on any atom is 0.237 e. The van der Waals surface area contributed by atoms with E-state index in [0.717, 1.165) is 12.0 Å². The molecule has 106 valence electrons. The second kappa shape index (κ2) is 6.20. The summed E-state index contributed by atoms with van der Waals surface area (Å²) in [5.41, 5.74) is 8.13. The van der Waals surface area contributed by atoms with Gasteiger partial charge in [-0.2, -0.15) is 0 Å².